The molecule has 0 aliphatic carbocycles. The smallest absolute Gasteiger partial charge is 0.274 e. The number of nitrogens with one attached hydrogen (secondary N) is 1. The van der Waals surface area contributed by atoms with Gasteiger partial charge in [-0.15, -0.1) is 0 Å². The van der Waals surface area contributed by atoms with Gasteiger partial charge in [0.1, 0.15) is 5.69 Å². The van der Waals surface area contributed by atoms with E-state index in [9.17, 15) is 4.79 Å². The predicted molar refractivity (Wildman–Crippen MR) is 75.0 cm³/mol. The molecule has 0 radical (unpaired) electrons. The Kier molecular flexibility index (Phi) is 3.66. The standard InChI is InChI=1S/C13H21N5O2/c1-12(2)7-18(8-13(3,4)20-12)11(19)9-5-16-10(17-14)6-15-9/h5-6H,7-8,14H2,1-4H3,(H,16,17). The molecule has 20 heavy (non-hydrogen) atoms. The topological polar surface area (TPSA) is 93.4 Å². The largest absolute Gasteiger partial charge is 0.366 e. The summed E-state index contributed by atoms with van der Waals surface area (Å²) in [7, 11) is 0. The number of morpholine rings is 1. The van der Waals surface area contributed by atoms with E-state index in [4.69, 9.17) is 10.6 Å². The fraction of sp³-hybridized carbons (Fsp3) is 0.615. The Balaban J connectivity index is 2.19. The lowest BCUT2D eigenvalue weighted by Gasteiger charge is -2.47. The molecule has 7 heteroatoms. The number of aromatic nitrogens is 2. The summed E-state index contributed by atoms with van der Waals surface area (Å²) in [5, 5.41) is 0. The number of rotatable bonds is 2. The second-order valence-corrected chi connectivity index (χ2v) is 6.21. The van der Waals surface area contributed by atoms with Crippen LogP contribution in [0.2, 0.25) is 0 Å². The molecule has 1 aliphatic rings. The molecule has 1 fully saturated rings. The highest BCUT2D eigenvalue weighted by Crippen LogP contribution is 2.28. The molecule has 0 saturated carbocycles. The number of hydrazine groups is 1. The molecular formula is C13H21N5O2. The number of ether oxygens (including phenoxy) is 1. The number of carbonyl (C=O) groups is 1. The zero-order valence-corrected chi connectivity index (χ0v) is 12.3. The second-order valence-electron chi connectivity index (χ2n) is 6.21. The highest BCUT2D eigenvalue weighted by Gasteiger charge is 2.40. The maximum atomic E-state index is 12.5. The van der Waals surface area contributed by atoms with Gasteiger partial charge in [0.25, 0.3) is 5.91 Å². The average Bonchev–Trinajstić information content (AvgIpc) is 2.34. The van der Waals surface area contributed by atoms with Gasteiger partial charge in [-0.2, -0.15) is 0 Å². The fourth-order valence-corrected chi connectivity index (χ4v) is 2.61. The lowest BCUT2D eigenvalue weighted by molar-refractivity contribution is -0.171. The van der Waals surface area contributed by atoms with Crippen molar-refractivity contribution in [2.45, 2.75) is 38.9 Å². The summed E-state index contributed by atoms with van der Waals surface area (Å²) in [6, 6.07) is 0. The Bertz CT molecular complexity index is 482. The zero-order valence-electron chi connectivity index (χ0n) is 12.3. The highest BCUT2D eigenvalue weighted by molar-refractivity contribution is 5.92. The first kappa shape index (κ1) is 14.7. The SMILES string of the molecule is CC1(C)CN(C(=O)c2cnc(NN)cn2)CC(C)(C)O1. The molecule has 1 saturated heterocycles. The van der Waals surface area contributed by atoms with Crippen LogP contribution in [0, 0.1) is 0 Å². The van der Waals surface area contributed by atoms with Crippen LogP contribution in [-0.2, 0) is 4.74 Å². The molecular weight excluding hydrogens is 258 g/mol. The van der Waals surface area contributed by atoms with Gasteiger partial charge in [-0.05, 0) is 27.7 Å². The Hall–Kier alpha value is -1.73. The minimum absolute atomic E-state index is 0.148. The van der Waals surface area contributed by atoms with Gasteiger partial charge in [-0.3, -0.25) is 4.79 Å². The Morgan fingerprint density at radius 3 is 2.30 bits per heavy atom. The van der Waals surface area contributed by atoms with E-state index >= 15 is 0 Å². The van der Waals surface area contributed by atoms with Crippen molar-refractivity contribution >= 4 is 11.7 Å². The van der Waals surface area contributed by atoms with Crippen molar-refractivity contribution < 1.29 is 9.53 Å². The van der Waals surface area contributed by atoms with E-state index in [0.717, 1.165) is 0 Å². The van der Waals surface area contributed by atoms with Crippen LogP contribution >= 0.6 is 0 Å². The lowest BCUT2D eigenvalue weighted by atomic mass is 9.98. The summed E-state index contributed by atoms with van der Waals surface area (Å²) < 4.78 is 5.96. The minimum Gasteiger partial charge on any atom is -0.366 e. The van der Waals surface area contributed by atoms with E-state index in [1.807, 2.05) is 27.7 Å². The molecule has 2 heterocycles. The number of amides is 1. The van der Waals surface area contributed by atoms with Crippen LogP contribution in [0.5, 0.6) is 0 Å². The van der Waals surface area contributed by atoms with Crippen molar-refractivity contribution in [3.05, 3.63) is 18.1 Å². The summed E-state index contributed by atoms with van der Waals surface area (Å²) in [5.41, 5.74) is 1.91. The van der Waals surface area contributed by atoms with Crippen LogP contribution in [0.4, 0.5) is 5.82 Å². The predicted octanol–water partition coefficient (Wildman–Crippen LogP) is 0.792. The monoisotopic (exact) mass is 279 g/mol. The van der Waals surface area contributed by atoms with E-state index in [2.05, 4.69) is 15.4 Å². The van der Waals surface area contributed by atoms with E-state index < -0.39 is 0 Å². The number of anilines is 1. The first-order chi connectivity index (χ1) is 9.22. The Morgan fingerprint density at radius 2 is 1.85 bits per heavy atom. The summed E-state index contributed by atoms with van der Waals surface area (Å²) >= 11 is 0. The molecule has 0 bridgehead atoms. The number of hydrogen-bond donors (Lipinski definition) is 2. The van der Waals surface area contributed by atoms with E-state index in [1.165, 1.54) is 12.4 Å². The van der Waals surface area contributed by atoms with Gasteiger partial charge in [0.15, 0.2) is 5.82 Å². The van der Waals surface area contributed by atoms with Crippen LogP contribution < -0.4 is 11.3 Å². The maximum Gasteiger partial charge on any atom is 0.274 e. The third-order valence-electron chi connectivity index (χ3n) is 3.00. The molecule has 0 aromatic carbocycles. The maximum absolute atomic E-state index is 12.5. The van der Waals surface area contributed by atoms with Crippen LogP contribution in [0.25, 0.3) is 0 Å². The first-order valence-corrected chi connectivity index (χ1v) is 6.51. The van der Waals surface area contributed by atoms with Crippen molar-refractivity contribution in [3.8, 4) is 0 Å². The highest BCUT2D eigenvalue weighted by atomic mass is 16.5. The minimum atomic E-state index is -0.385. The number of nitrogen functional groups attached to an aromatic ring is 1. The molecule has 7 nitrogen and oxygen atoms in total. The molecule has 110 valence electrons. The van der Waals surface area contributed by atoms with Gasteiger partial charge in [0, 0.05) is 13.1 Å². The van der Waals surface area contributed by atoms with Crippen LogP contribution in [-0.4, -0.2) is 45.1 Å². The number of carbonyl (C=O) groups excluding carboxylic acids is 1. The van der Waals surface area contributed by atoms with Crippen molar-refractivity contribution in [1.82, 2.24) is 14.9 Å². The normalized spacial score (nSPS) is 20.6. The zero-order chi connectivity index (χ0) is 15.0. The summed E-state index contributed by atoms with van der Waals surface area (Å²) in [6.07, 6.45) is 2.86. The molecule has 0 unspecified atom stereocenters. The van der Waals surface area contributed by atoms with Gasteiger partial charge in [-0.1, -0.05) is 0 Å². The van der Waals surface area contributed by atoms with Crippen molar-refractivity contribution in [2.24, 2.45) is 5.84 Å². The van der Waals surface area contributed by atoms with Crippen LogP contribution in [0.15, 0.2) is 12.4 Å². The van der Waals surface area contributed by atoms with Gasteiger partial charge < -0.3 is 15.1 Å². The van der Waals surface area contributed by atoms with Crippen LogP contribution in [0.1, 0.15) is 38.2 Å². The number of nitrogens with zero attached hydrogens (tertiary/aromatic N) is 3. The molecule has 0 spiro atoms. The van der Waals surface area contributed by atoms with Gasteiger partial charge in [0.05, 0.1) is 23.6 Å². The molecule has 0 atom stereocenters. The summed E-state index contributed by atoms with van der Waals surface area (Å²) in [5.74, 6) is 5.50. The van der Waals surface area contributed by atoms with Crippen molar-refractivity contribution in [3.63, 3.8) is 0 Å². The number of nitrogens with two attached hydrogens (primary N) is 1. The molecule has 1 aliphatic heterocycles. The Morgan fingerprint density at radius 1 is 1.25 bits per heavy atom. The van der Waals surface area contributed by atoms with E-state index in [1.54, 1.807) is 4.90 Å². The molecule has 1 aromatic heterocycles. The van der Waals surface area contributed by atoms with E-state index in [0.29, 0.717) is 24.6 Å². The summed E-state index contributed by atoms with van der Waals surface area (Å²) in [4.78, 5) is 22.3. The molecule has 1 amide bonds. The lowest BCUT2D eigenvalue weighted by Crippen LogP contribution is -2.58. The Labute approximate surface area is 118 Å². The number of hydrogen-bond acceptors (Lipinski definition) is 6. The van der Waals surface area contributed by atoms with Gasteiger partial charge in [0.2, 0.25) is 0 Å². The fourth-order valence-electron chi connectivity index (χ4n) is 2.61. The van der Waals surface area contributed by atoms with Crippen molar-refractivity contribution in [2.75, 3.05) is 18.5 Å². The van der Waals surface area contributed by atoms with E-state index in [-0.39, 0.29) is 17.1 Å². The molecule has 3 N–H and O–H groups in total. The van der Waals surface area contributed by atoms with Gasteiger partial charge in [-0.25, -0.2) is 15.8 Å². The summed E-state index contributed by atoms with van der Waals surface area (Å²) in [6.45, 7) is 8.94. The average molecular weight is 279 g/mol. The quantitative estimate of drug-likeness (QED) is 0.614. The van der Waals surface area contributed by atoms with Crippen molar-refractivity contribution in [1.29, 1.82) is 0 Å². The third kappa shape index (κ3) is 3.23. The first-order valence-electron chi connectivity index (χ1n) is 6.51. The molecule has 2 rings (SSSR count). The third-order valence-corrected chi connectivity index (χ3v) is 3.00. The van der Waals surface area contributed by atoms with Gasteiger partial charge >= 0.3 is 0 Å². The van der Waals surface area contributed by atoms with Crippen LogP contribution in [0.3, 0.4) is 0 Å². The second kappa shape index (κ2) is 4.99. The molecule has 1 aromatic rings.